The molecule has 2 N–H and O–H groups in total. The van der Waals surface area contributed by atoms with Crippen molar-refractivity contribution in [3.8, 4) is 11.1 Å². The molecule has 3 rings (SSSR count). The molecule has 1 aromatic heterocycles. The van der Waals surface area contributed by atoms with Gasteiger partial charge < -0.3 is 15.0 Å². The first-order valence-electron chi connectivity index (χ1n) is 9.66. The topological polar surface area (TPSA) is 59.8 Å². The lowest BCUT2D eigenvalue weighted by molar-refractivity contribution is -0.897. The highest BCUT2D eigenvalue weighted by Gasteiger charge is 2.25. The number of esters is 1. The number of carbonyl (C=O) groups is 2. The van der Waals surface area contributed by atoms with Gasteiger partial charge in [-0.25, -0.2) is 9.18 Å². The number of benzene rings is 1. The van der Waals surface area contributed by atoms with Crippen molar-refractivity contribution in [3.05, 3.63) is 41.0 Å². The van der Waals surface area contributed by atoms with Gasteiger partial charge in [0.05, 0.1) is 19.7 Å². The molecular weight excluding hydrogens is 379 g/mol. The van der Waals surface area contributed by atoms with Gasteiger partial charge in [0.2, 0.25) is 0 Å². The van der Waals surface area contributed by atoms with Crippen LogP contribution in [0, 0.1) is 11.7 Å². The van der Waals surface area contributed by atoms with Gasteiger partial charge in [-0.1, -0.05) is 19.1 Å². The number of anilines is 1. The quantitative estimate of drug-likeness (QED) is 0.727. The zero-order valence-corrected chi connectivity index (χ0v) is 17.0. The van der Waals surface area contributed by atoms with E-state index in [9.17, 15) is 14.0 Å². The first kappa shape index (κ1) is 20.5. The highest BCUT2D eigenvalue weighted by Crippen LogP contribution is 2.36. The maximum atomic E-state index is 13.3. The molecule has 1 aliphatic heterocycles. The summed E-state index contributed by atoms with van der Waals surface area (Å²) >= 11 is 1.28. The van der Waals surface area contributed by atoms with Gasteiger partial charge in [-0.3, -0.25) is 4.79 Å². The van der Waals surface area contributed by atoms with Crippen molar-refractivity contribution in [2.75, 3.05) is 31.6 Å². The normalized spacial score (nSPS) is 19.2. The van der Waals surface area contributed by atoms with E-state index in [4.69, 9.17) is 4.74 Å². The van der Waals surface area contributed by atoms with Crippen molar-refractivity contribution in [1.29, 1.82) is 0 Å². The number of amides is 1. The molecule has 28 heavy (non-hydrogen) atoms. The monoisotopic (exact) mass is 405 g/mol. The van der Waals surface area contributed by atoms with Crippen LogP contribution in [0.3, 0.4) is 0 Å². The summed E-state index contributed by atoms with van der Waals surface area (Å²) in [5, 5.41) is 5.17. The van der Waals surface area contributed by atoms with E-state index in [1.54, 1.807) is 24.4 Å². The van der Waals surface area contributed by atoms with Crippen LogP contribution in [-0.4, -0.2) is 38.1 Å². The minimum absolute atomic E-state index is 0.109. The number of hydrogen-bond acceptors (Lipinski definition) is 4. The molecular formula is C21H26FN2O3S+. The largest absolute Gasteiger partial charge is 0.462 e. The average Bonchev–Trinajstić information content (AvgIpc) is 3.08. The molecule has 150 valence electrons. The third kappa shape index (κ3) is 4.97. The molecule has 1 saturated heterocycles. The second-order valence-electron chi connectivity index (χ2n) is 7.24. The third-order valence-corrected chi connectivity index (χ3v) is 5.97. The molecule has 1 fully saturated rings. The van der Waals surface area contributed by atoms with E-state index in [1.807, 2.05) is 0 Å². The minimum Gasteiger partial charge on any atom is -0.462 e. The molecule has 1 aliphatic rings. The Labute approximate surface area is 168 Å². The Morgan fingerprint density at radius 3 is 2.57 bits per heavy atom. The zero-order valence-electron chi connectivity index (χ0n) is 16.2. The van der Waals surface area contributed by atoms with Gasteiger partial charge in [-0.15, -0.1) is 11.3 Å². The molecule has 2 heterocycles. The molecule has 1 amide bonds. The van der Waals surface area contributed by atoms with Crippen LogP contribution in [0.25, 0.3) is 11.1 Å². The molecule has 5 nitrogen and oxygen atoms in total. The minimum atomic E-state index is -0.488. The number of halogens is 1. The Hall–Kier alpha value is -2.25. The van der Waals surface area contributed by atoms with E-state index in [0.29, 0.717) is 28.2 Å². The van der Waals surface area contributed by atoms with Crippen molar-refractivity contribution in [1.82, 2.24) is 0 Å². The molecule has 0 aliphatic carbocycles. The molecule has 0 atom stereocenters. The fourth-order valence-corrected chi connectivity index (χ4v) is 4.42. The van der Waals surface area contributed by atoms with Crippen LogP contribution in [0.2, 0.25) is 0 Å². The number of carbonyl (C=O) groups excluding carboxylic acids is 2. The molecule has 0 unspecified atom stereocenters. The van der Waals surface area contributed by atoms with E-state index in [-0.39, 0.29) is 18.3 Å². The predicted molar refractivity (Wildman–Crippen MR) is 108 cm³/mol. The Balaban J connectivity index is 1.79. The van der Waals surface area contributed by atoms with E-state index in [0.717, 1.165) is 31.8 Å². The number of rotatable bonds is 6. The SMILES string of the molecule is CCOC(=O)c1c(-c2ccc(F)cc2)csc1NC(=O)C[NH+]1CCC(C)CC1. The Morgan fingerprint density at radius 1 is 1.25 bits per heavy atom. The summed E-state index contributed by atoms with van der Waals surface area (Å²) in [4.78, 5) is 26.4. The highest BCUT2D eigenvalue weighted by molar-refractivity contribution is 7.15. The lowest BCUT2D eigenvalue weighted by Gasteiger charge is -2.26. The molecule has 1 aromatic carbocycles. The van der Waals surface area contributed by atoms with E-state index < -0.39 is 5.97 Å². The summed E-state index contributed by atoms with van der Waals surface area (Å²) in [6, 6.07) is 5.93. The van der Waals surface area contributed by atoms with Crippen LogP contribution in [0.5, 0.6) is 0 Å². The van der Waals surface area contributed by atoms with Crippen LogP contribution in [-0.2, 0) is 9.53 Å². The molecule has 2 aromatic rings. The number of ether oxygens (including phenoxy) is 1. The van der Waals surface area contributed by atoms with Gasteiger partial charge in [0.1, 0.15) is 16.4 Å². The van der Waals surface area contributed by atoms with Crippen molar-refractivity contribution >= 4 is 28.2 Å². The van der Waals surface area contributed by atoms with Crippen LogP contribution in [0.4, 0.5) is 9.39 Å². The Kier molecular flexibility index (Phi) is 6.80. The number of likely N-dealkylation sites (tertiary alicyclic amines) is 1. The summed E-state index contributed by atoms with van der Waals surface area (Å²) < 4.78 is 18.5. The standard InChI is InChI=1S/C21H25FN2O3S/c1-3-27-21(26)19-17(15-4-6-16(22)7-5-15)13-28-20(19)23-18(25)12-24-10-8-14(2)9-11-24/h4-7,13-14H,3,8-12H2,1-2H3,(H,23,25)/p+1. The van der Waals surface area contributed by atoms with Crippen LogP contribution >= 0.6 is 11.3 Å². The number of nitrogens with one attached hydrogen (secondary N) is 2. The van der Waals surface area contributed by atoms with Crippen molar-refractivity contribution in [2.24, 2.45) is 5.92 Å². The van der Waals surface area contributed by atoms with E-state index in [1.165, 1.54) is 28.4 Å². The zero-order chi connectivity index (χ0) is 20.1. The predicted octanol–water partition coefficient (Wildman–Crippen LogP) is 2.98. The summed E-state index contributed by atoms with van der Waals surface area (Å²) in [5.74, 6) is -0.220. The van der Waals surface area contributed by atoms with Crippen LogP contribution in [0.15, 0.2) is 29.6 Å². The second-order valence-corrected chi connectivity index (χ2v) is 8.12. The third-order valence-electron chi connectivity index (χ3n) is 5.07. The van der Waals surface area contributed by atoms with Gasteiger partial charge in [-0.2, -0.15) is 0 Å². The van der Waals surface area contributed by atoms with Gasteiger partial charge in [0, 0.05) is 10.9 Å². The fraction of sp³-hybridized carbons (Fsp3) is 0.429. The maximum Gasteiger partial charge on any atom is 0.341 e. The maximum absolute atomic E-state index is 13.3. The van der Waals surface area contributed by atoms with Crippen molar-refractivity contribution in [2.45, 2.75) is 26.7 Å². The number of piperidine rings is 1. The van der Waals surface area contributed by atoms with Crippen molar-refractivity contribution in [3.63, 3.8) is 0 Å². The number of hydrogen-bond donors (Lipinski definition) is 2. The Bertz CT molecular complexity index is 827. The molecule has 0 radical (unpaired) electrons. The lowest BCUT2D eigenvalue weighted by Crippen LogP contribution is -3.14. The highest BCUT2D eigenvalue weighted by atomic mass is 32.1. The van der Waals surface area contributed by atoms with E-state index in [2.05, 4.69) is 12.2 Å². The van der Waals surface area contributed by atoms with Gasteiger partial charge in [0.25, 0.3) is 5.91 Å². The van der Waals surface area contributed by atoms with Crippen LogP contribution in [0.1, 0.15) is 37.0 Å². The fourth-order valence-electron chi connectivity index (χ4n) is 3.44. The van der Waals surface area contributed by atoms with Gasteiger partial charge in [0.15, 0.2) is 6.54 Å². The summed E-state index contributed by atoms with van der Waals surface area (Å²) in [5.41, 5.74) is 1.67. The van der Waals surface area contributed by atoms with Crippen LogP contribution < -0.4 is 10.2 Å². The number of thiophene rings is 1. The van der Waals surface area contributed by atoms with Gasteiger partial charge in [-0.05, 0) is 43.4 Å². The van der Waals surface area contributed by atoms with Crippen molar-refractivity contribution < 1.29 is 23.6 Å². The van der Waals surface area contributed by atoms with E-state index >= 15 is 0 Å². The molecule has 7 heteroatoms. The molecule has 0 spiro atoms. The summed E-state index contributed by atoms with van der Waals surface area (Å²) in [7, 11) is 0. The molecule has 0 bridgehead atoms. The second kappa shape index (κ2) is 9.30. The average molecular weight is 406 g/mol. The first-order valence-corrected chi connectivity index (χ1v) is 10.5. The number of quaternary nitrogens is 1. The first-order chi connectivity index (χ1) is 13.5. The Morgan fingerprint density at radius 2 is 1.93 bits per heavy atom. The smallest absolute Gasteiger partial charge is 0.341 e. The summed E-state index contributed by atoms with van der Waals surface area (Å²) in [6.45, 7) is 6.58. The lowest BCUT2D eigenvalue weighted by atomic mass is 9.99. The molecule has 0 saturated carbocycles. The van der Waals surface area contributed by atoms with Gasteiger partial charge >= 0.3 is 5.97 Å². The summed E-state index contributed by atoms with van der Waals surface area (Å²) in [6.07, 6.45) is 2.26.